The molecule has 1 saturated heterocycles. The highest BCUT2D eigenvalue weighted by Gasteiger charge is 2.30. The first-order valence-corrected chi connectivity index (χ1v) is 6.95. The summed E-state index contributed by atoms with van der Waals surface area (Å²) in [7, 11) is -0.171. The van der Waals surface area contributed by atoms with Gasteiger partial charge in [0.2, 0.25) is 0 Å². The molecule has 0 aromatic carbocycles. The van der Waals surface area contributed by atoms with Crippen LogP contribution in [0, 0.1) is 0 Å². The van der Waals surface area contributed by atoms with E-state index in [0.29, 0.717) is 13.1 Å². The lowest BCUT2D eigenvalue weighted by molar-refractivity contribution is 0.237. The van der Waals surface area contributed by atoms with E-state index < -0.39 is 10.2 Å². The van der Waals surface area contributed by atoms with Crippen LogP contribution in [0.4, 0.5) is 0 Å². The molecule has 96 valence electrons. The Bertz CT molecular complexity index is 448. The van der Waals surface area contributed by atoms with E-state index in [1.165, 1.54) is 8.61 Å². The molecular weight excluding hydrogens is 242 g/mol. The zero-order valence-corrected chi connectivity index (χ0v) is 10.8. The summed E-state index contributed by atoms with van der Waals surface area (Å²) in [6.45, 7) is 1.04. The first-order valence-electron chi connectivity index (χ1n) is 5.55. The third kappa shape index (κ3) is 2.48. The Balaban J connectivity index is 1.99. The third-order valence-electron chi connectivity index (χ3n) is 2.97. The van der Waals surface area contributed by atoms with Crippen LogP contribution < -0.4 is 0 Å². The fourth-order valence-corrected chi connectivity index (χ4v) is 3.08. The number of piperidine rings is 1. The lowest BCUT2D eigenvalue weighted by Gasteiger charge is -2.32. The second-order valence-corrected chi connectivity index (χ2v) is 6.41. The molecule has 1 fully saturated rings. The summed E-state index contributed by atoms with van der Waals surface area (Å²) in [5.74, 6) is 0. The zero-order chi connectivity index (χ0) is 12.5. The molecule has 0 aliphatic carbocycles. The van der Waals surface area contributed by atoms with Gasteiger partial charge in [-0.15, -0.1) is 0 Å². The van der Waals surface area contributed by atoms with Gasteiger partial charge in [-0.2, -0.15) is 32.0 Å². The molecule has 17 heavy (non-hydrogen) atoms. The minimum Gasteiger partial charge on any atom is -0.195 e. The molecule has 1 aromatic heterocycles. The van der Waals surface area contributed by atoms with Gasteiger partial charge >= 0.3 is 0 Å². The van der Waals surface area contributed by atoms with Crippen molar-refractivity contribution in [2.45, 2.75) is 18.9 Å². The Hall–Kier alpha value is -0.990. The van der Waals surface area contributed by atoms with Crippen molar-refractivity contribution in [3.8, 4) is 0 Å². The number of aromatic nitrogens is 3. The SMILES string of the molecule is CN(C)S(=O)(=O)N1CCC(n2nccn2)CC1. The second-order valence-electron chi connectivity index (χ2n) is 4.27. The van der Waals surface area contributed by atoms with Gasteiger partial charge in [0, 0.05) is 27.2 Å². The summed E-state index contributed by atoms with van der Waals surface area (Å²) in [6, 6.07) is 0.207. The topological polar surface area (TPSA) is 71.3 Å². The smallest absolute Gasteiger partial charge is 0.195 e. The van der Waals surface area contributed by atoms with Gasteiger partial charge in [0.05, 0.1) is 18.4 Å². The van der Waals surface area contributed by atoms with Crippen LogP contribution in [0.2, 0.25) is 0 Å². The molecule has 0 radical (unpaired) electrons. The average Bonchev–Trinajstić information content (AvgIpc) is 2.82. The predicted octanol–water partition coefficient (Wildman–Crippen LogP) is -0.279. The van der Waals surface area contributed by atoms with Crippen LogP contribution in [0.1, 0.15) is 18.9 Å². The Morgan fingerprint density at radius 2 is 1.71 bits per heavy atom. The molecule has 0 atom stereocenters. The van der Waals surface area contributed by atoms with Crippen LogP contribution in [0.15, 0.2) is 12.4 Å². The molecule has 1 aliphatic heterocycles. The highest BCUT2D eigenvalue weighted by Crippen LogP contribution is 2.22. The van der Waals surface area contributed by atoms with E-state index in [-0.39, 0.29) is 6.04 Å². The van der Waals surface area contributed by atoms with Crippen molar-refractivity contribution in [3.63, 3.8) is 0 Å². The van der Waals surface area contributed by atoms with E-state index in [4.69, 9.17) is 0 Å². The van der Waals surface area contributed by atoms with Gasteiger partial charge in [-0.1, -0.05) is 0 Å². The Morgan fingerprint density at radius 3 is 2.18 bits per heavy atom. The summed E-state index contributed by atoms with van der Waals surface area (Å²) < 4.78 is 26.5. The third-order valence-corrected chi connectivity index (χ3v) is 4.91. The summed E-state index contributed by atoms with van der Waals surface area (Å²) in [6.07, 6.45) is 4.79. The van der Waals surface area contributed by atoms with Crippen LogP contribution in [0.25, 0.3) is 0 Å². The second kappa shape index (κ2) is 4.71. The standard InChI is InChI=1S/C9H17N5O2S/c1-12(2)17(15,16)13-7-3-9(4-8-13)14-10-5-6-11-14/h5-6,9H,3-4,7-8H2,1-2H3. The maximum atomic E-state index is 11.9. The van der Waals surface area contributed by atoms with Gasteiger partial charge in [0.25, 0.3) is 10.2 Å². The largest absolute Gasteiger partial charge is 0.281 e. The molecule has 0 spiro atoms. The average molecular weight is 259 g/mol. The molecular formula is C9H17N5O2S. The van der Waals surface area contributed by atoms with Crippen molar-refractivity contribution < 1.29 is 8.42 Å². The molecule has 0 amide bonds. The van der Waals surface area contributed by atoms with Crippen molar-refractivity contribution in [2.24, 2.45) is 0 Å². The Morgan fingerprint density at radius 1 is 1.18 bits per heavy atom. The molecule has 0 bridgehead atoms. The van der Waals surface area contributed by atoms with E-state index >= 15 is 0 Å². The van der Waals surface area contributed by atoms with Crippen molar-refractivity contribution >= 4 is 10.2 Å². The first-order chi connectivity index (χ1) is 8.01. The highest BCUT2D eigenvalue weighted by atomic mass is 32.2. The van der Waals surface area contributed by atoms with Crippen LogP contribution >= 0.6 is 0 Å². The van der Waals surface area contributed by atoms with Crippen molar-refractivity contribution in [1.29, 1.82) is 0 Å². The van der Waals surface area contributed by atoms with Crippen molar-refractivity contribution in [3.05, 3.63) is 12.4 Å². The fourth-order valence-electron chi connectivity index (χ4n) is 1.95. The quantitative estimate of drug-likeness (QED) is 0.748. The minimum absolute atomic E-state index is 0.207. The van der Waals surface area contributed by atoms with Gasteiger partial charge in [-0.3, -0.25) is 0 Å². The van der Waals surface area contributed by atoms with E-state index in [9.17, 15) is 8.42 Å². The van der Waals surface area contributed by atoms with Crippen molar-refractivity contribution in [1.82, 2.24) is 23.6 Å². The Kier molecular flexibility index (Phi) is 3.45. The van der Waals surface area contributed by atoms with Gasteiger partial charge in [-0.25, -0.2) is 0 Å². The Labute approximate surface area is 101 Å². The van der Waals surface area contributed by atoms with Gasteiger partial charge in [-0.05, 0) is 12.8 Å². The van der Waals surface area contributed by atoms with Crippen LogP contribution in [-0.4, -0.2) is 59.2 Å². The summed E-state index contributed by atoms with van der Waals surface area (Å²) in [5.41, 5.74) is 0. The molecule has 0 saturated carbocycles. The summed E-state index contributed by atoms with van der Waals surface area (Å²) >= 11 is 0. The van der Waals surface area contributed by atoms with Gasteiger partial charge in [0.15, 0.2) is 0 Å². The normalized spacial score (nSPS) is 19.9. The fraction of sp³-hybridized carbons (Fsp3) is 0.778. The van der Waals surface area contributed by atoms with E-state index in [2.05, 4.69) is 10.2 Å². The lowest BCUT2D eigenvalue weighted by atomic mass is 10.1. The molecule has 0 unspecified atom stereocenters. The zero-order valence-electron chi connectivity index (χ0n) is 10.0. The molecule has 2 rings (SSSR count). The lowest BCUT2D eigenvalue weighted by Crippen LogP contribution is -2.44. The number of hydrogen-bond acceptors (Lipinski definition) is 4. The minimum atomic E-state index is -3.28. The summed E-state index contributed by atoms with van der Waals surface area (Å²) in [5, 5.41) is 8.18. The van der Waals surface area contributed by atoms with E-state index in [1.54, 1.807) is 31.3 Å². The van der Waals surface area contributed by atoms with Crippen molar-refractivity contribution in [2.75, 3.05) is 27.2 Å². The van der Waals surface area contributed by atoms with E-state index in [1.807, 2.05) is 0 Å². The van der Waals surface area contributed by atoms with Crippen LogP contribution in [0.5, 0.6) is 0 Å². The highest BCUT2D eigenvalue weighted by molar-refractivity contribution is 7.86. The maximum absolute atomic E-state index is 11.9. The number of rotatable bonds is 3. The molecule has 1 aromatic rings. The maximum Gasteiger partial charge on any atom is 0.281 e. The van der Waals surface area contributed by atoms with Gasteiger partial charge in [0.1, 0.15) is 0 Å². The molecule has 0 N–H and O–H groups in total. The first kappa shape index (κ1) is 12.5. The predicted molar refractivity (Wildman–Crippen MR) is 62.5 cm³/mol. The van der Waals surface area contributed by atoms with Crippen LogP contribution in [0.3, 0.4) is 0 Å². The monoisotopic (exact) mass is 259 g/mol. The molecule has 8 heteroatoms. The molecule has 7 nitrogen and oxygen atoms in total. The summed E-state index contributed by atoms with van der Waals surface area (Å²) in [4.78, 5) is 1.67. The number of hydrogen-bond donors (Lipinski definition) is 0. The number of nitrogens with zero attached hydrogens (tertiary/aromatic N) is 5. The van der Waals surface area contributed by atoms with E-state index in [0.717, 1.165) is 12.8 Å². The molecule has 1 aliphatic rings. The van der Waals surface area contributed by atoms with Crippen LogP contribution in [-0.2, 0) is 10.2 Å². The van der Waals surface area contributed by atoms with Gasteiger partial charge < -0.3 is 0 Å². The molecule has 2 heterocycles.